The first-order chi connectivity index (χ1) is 5.15. The minimum atomic E-state index is 0.312. The highest BCUT2D eigenvalue weighted by atomic mass is 16.1. The summed E-state index contributed by atoms with van der Waals surface area (Å²) < 4.78 is 0. The molecule has 0 saturated heterocycles. The Balaban J connectivity index is 2.81. The Morgan fingerprint density at radius 1 is 1.55 bits per heavy atom. The van der Waals surface area contributed by atoms with Crippen molar-refractivity contribution in [2.45, 2.75) is 33.6 Å². The Labute approximate surface area is 68.5 Å². The van der Waals surface area contributed by atoms with Gasteiger partial charge in [-0.2, -0.15) is 0 Å². The Morgan fingerprint density at radius 3 is 2.73 bits per heavy atom. The summed E-state index contributed by atoms with van der Waals surface area (Å²) in [4.78, 5) is 11.1. The third-order valence-corrected chi connectivity index (χ3v) is 2.72. The molecule has 1 heteroatoms. The molecule has 0 fully saturated rings. The summed E-state index contributed by atoms with van der Waals surface area (Å²) in [6.07, 6.45) is 3.60. The summed E-state index contributed by atoms with van der Waals surface area (Å²) in [6, 6.07) is 0. The lowest BCUT2D eigenvalue weighted by molar-refractivity contribution is -0.116. The average Bonchev–Trinajstić information content (AvgIpc) is 1.96. The predicted molar refractivity (Wildman–Crippen MR) is 46.3 cm³/mol. The Hall–Kier alpha value is -0.590. The van der Waals surface area contributed by atoms with Crippen LogP contribution in [0.15, 0.2) is 11.6 Å². The van der Waals surface area contributed by atoms with Gasteiger partial charge in [0.05, 0.1) is 0 Å². The first-order valence-electron chi connectivity index (χ1n) is 4.38. The molecule has 1 aliphatic carbocycles. The Morgan fingerprint density at radius 2 is 2.18 bits per heavy atom. The van der Waals surface area contributed by atoms with E-state index in [4.69, 9.17) is 0 Å². The Bertz CT molecular complexity index is 191. The maximum atomic E-state index is 11.1. The number of carbonyl (C=O) groups excluding carboxylic acids is 1. The first-order valence-corrected chi connectivity index (χ1v) is 4.38. The molecule has 0 aromatic rings. The third-order valence-electron chi connectivity index (χ3n) is 2.72. The Kier molecular flexibility index (Phi) is 2.48. The molecular formula is C10H16O. The van der Waals surface area contributed by atoms with Crippen LogP contribution >= 0.6 is 0 Å². The van der Waals surface area contributed by atoms with Crippen LogP contribution in [0, 0.1) is 11.8 Å². The number of carbonyl (C=O) groups is 1. The maximum absolute atomic E-state index is 11.1. The van der Waals surface area contributed by atoms with Crippen LogP contribution in [0.25, 0.3) is 0 Å². The minimum absolute atomic E-state index is 0.312. The van der Waals surface area contributed by atoms with Crippen molar-refractivity contribution in [1.82, 2.24) is 0 Å². The van der Waals surface area contributed by atoms with E-state index in [9.17, 15) is 4.79 Å². The fourth-order valence-corrected chi connectivity index (χ4v) is 1.68. The van der Waals surface area contributed by atoms with E-state index in [2.05, 4.69) is 20.8 Å². The van der Waals surface area contributed by atoms with E-state index in [-0.39, 0.29) is 0 Å². The van der Waals surface area contributed by atoms with Crippen molar-refractivity contribution in [3.63, 3.8) is 0 Å². The van der Waals surface area contributed by atoms with Crippen LogP contribution < -0.4 is 0 Å². The topological polar surface area (TPSA) is 17.1 Å². The van der Waals surface area contributed by atoms with Crippen molar-refractivity contribution in [3.8, 4) is 0 Å². The number of hydrogen-bond acceptors (Lipinski definition) is 1. The van der Waals surface area contributed by atoms with Crippen LogP contribution in [0.4, 0.5) is 0 Å². The van der Waals surface area contributed by atoms with E-state index in [0.29, 0.717) is 17.6 Å². The molecule has 2 unspecified atom stereocenters. The zero-order valence-corrected chi connectivity index (χ0v) is 7.55. The molecule has 0 radical (unpaired) electrons. The molecule has 0 aliphatic heterocycles. The second-order valence-corrected chi connectivity index (χ2v) is 3.51. The highest BCUT2D eigenvalue weighted by Gasteiger charge is 2.22. The molecule has 0 N–H and O–H groups in total. The monoisotopic (exact) mass is 152 g/mol. The zero-order chi connectivity index (χ0) is 8.43. The van der Waals surface area contributed by atoms with Crippen LogP contribution in [-0.2, 0) is 4.79 Å². The highest BCUT2D eigenvalue weighted by Crippen LogP contribution is 2.29. The second-order valence-electron chi connectivity index (χ2n) is 3.51. The summed E-state index contributed by atoms with van der Waals surface area (Å²) in [5, 5.41) is 0. The lowest BCUT2D eigenvalue weighted by Gasteiger charge is -2.25. The van der Waals surface area contributed by atoms with E-state index < -0.39 is 0 Å². The zero-order valence-electron chi connectivity index (χ0n) is 7.55. The van der Waals surface area contributed by atoms with Crippen molar-refractivity contribution >= 4 is 5.78 Å². The first kappa shape index (κ1) is 8.51. The highest BCUT2D eigenvalue weighted by molar-refractivity contribution is 5.91. The van der Waals surface area contributed by atoms with Gasteiger partial charge < -0.3 is 0 Å². The SMILES string of the molecule is CCC1=CC(=O)CC(C)C1C. The van der Waals surface area contributed by atoms with Crippen LogP contribution in [0.1, 0.15) is 33.6 Å². The lowest BCUT2D eigenvalue weighted by Crippen LogP contribution is -2.19. The molecule has 1 aliphatic rings. The molecule has 0 aromatic carbocycles. The van der Waals surface area contributed by atoms with Gasteiger partial charge in [0.15, 0.2) is 5.78 Å². The van der Waals surface area contributed by atoms with Crippen molar-refractivity contribution in [1.29, 1.82) is 0 Å². The van der Waals surface area contributed by atoms with Gasteiger partial charge in [-0.3, -0.25) is 4.79 Å². The number of hydrogen-bond donors (Lipinski definition) is 0. The van der Waals surface area contributed by atoms with Crippen LogP contribution in [-0.4, -0.2) is 5.78 Å². The average molecular weight is 152 g/mol. The van der Waals surface area contributed by atoms with Gasteiger partial charge in [0, 0.05) is 6.42 Å². The van der Waals surface area contributed by atoms with Crippen molar-refractivity contribution < 1.29 is 4.79 Å². The van der Waals surface area contributed by atoms with E-state index in [1.165, 1.54) is 5.57 Å². The van der Waals surface area contributed by atoms with Gasteiger partial charge in [-0.15, -0.1) is 0 Å². The van der Waals surface area contributed by atoms with Crippen molar-refractivity contribution in [2.75, 3.05) is 0 Å². The molecule has 1 rings (SSSR count). The van der Waals surface area contributed by atoms with E-state index in [1.54, 1.807) is 0 Å². The van der Waals surface area contributed by atoms with Crippen molar-refractivity contribution in [2.24, 2.45) is 11.8 Å². The quantitative estimate of drug-likeness (QED) is 0.564. The second kappa shape index (κ2) is 3.21. The van der Waals surface area contributed by atoms with E-state index in [1.807, 2.05) is 6.08 Å². The molecule has 2 atom stereocenters. The third kappa shape index (κ3) is 1.70. The van der Waals surface area contributed by atoms with Gasteiger partial charge in [-0.05, 0) is 24.3 Å². The van der Waals surface area contributed by atoms with Gasteiger partial charge in [-0.25, -0.2) is 0 Å². The lowest BCUT2D eigenvalue weighted by atomic mass is 9.79. The van der Waals surface area contributed by atoms with Crippen LogP contribution in [0.2, 0.25) is 0 Å². The summed E-state index contributed by atoms with van der Waals surface area (Å²) in [6.45, 7) is 6.49. The predicted octanol–water partition coefficient (Wildman–Crippen LogP) is 2.57. The molecule has 0 saturated carbocycles. The van der Waals surface area contributed by atoms with Crippen LogP contribution in [0.5, 0.6) is 0 Å². The minimum Gasteiger partial charge on any atom is -0.295 e. The van der Waals surface area contributed by atoms with Gasteiger partial charge in [0.1, 0.15) is 0 Å². The fraction of sp³-hybridized carbons (Fsp3) is 0.700. The molecule has 0 aromatic heterocycles. The summed E-state index contributed by atoms with van der Waals surface area (Å²) >= 11 is 0. The molecule has 0 heterocycles. The molecule has 62 valence electrons. The van der Waals surface area contributed by atoms with Gasteiger partial charge >= 0.3 is 0 Å². The fourth-order valence-electron chi connectivity index (χ4n) is 1.68. The van der Waals surface area contributed by atoms with Gasteiger partial charge in [0.2, 0.25) is 0 Å². The largest absolute Gasteiger partial charge is 0.295 e. The number of ketones is 1. The number of allylic oxidation sites excluding steroid dienone is 2. The molecule has 1 nitrogen and oxygen atoms in total. The molecule has 0 bridgehead atoms. The molecule has 0 spiro atoms. The summed E-state index contributed by atoms with van der Waals surface area (Å²) in [7, 11) is 0. The van der Waals surface area contributed by atoms with E-state index in [0.717, 1.165) is 12.8 Å². The molecule has 11 heavy (non-hydrogen) atoms. The van der Waals surface area contributed by atoms with Crippen LogP contribution in [0.3, 0.4) is 0 Å². The smallest absolute Gasteiger partial charge is 0.155 e. The van der Waals surface area contributed by atoms with Gasteiger partial charge in [0.25, 0.3) is 0 Å². The summed E-state index contributed by atoms with van der Waals surface area (Å²) in [5.74, 6) is 1.47. The maximum Gasteiger partial charge on any atom is 0.155 e. The van der Waals surface area contributed by atoms with Crippen molar-refractivity contribution in [3.05, 3.63) is 11.6 Å². The molecular weight excluding hydrogens is 136 g/mol. The van der Waals surface area contributed by atoms with E-state index >= 15 is 0 Å². The number of rotatable bonds is 1. The standard InChI is InChI=1S/C10H16O/c1-4-9-6-10(11)5-7(2)8(9)3/h6-8H,4-5H2,1-3H3. The summed E-state index contributed by atoms with van der Waals surface area (Å²) in [5.41, 5.74) is 1.33. The normalized spacial score (nSPS) is 31.9. The molecule has 0 amide bonds. The van der Waals surface area contributed by atoms with Gasteiger partial charge in [-0.1, -0.05) is 26.3 Å².